The first kappa shape index (κ1) is 64.3. The molecule has 0 bridgehead atoms. The second kappa shape index (κ2) is 28.2. The predicted octanol–water partition coefficient (Wildman–Crippen LogP) is -13.1. The molecule has 5 aliphatic heterocycles. The van der Waals surface area contributed by atoms with E-state index in [0.717, 1.165) is 13.3 Å². The van der Waals surface area contributed by atoms with Gasteiger partial charge < -0.3 is 139 Å². The van der Waals surface area contributed by atoms with Crippen molar-refractivity contribution < 1.29 is 168 Å². The predicted molar refractivity (Wildman–Crippen MR) is 233 cm³/mol. The minimum Gasteiger partial charge on any atom is -0.544 e. The third kappa shape index (κ3) is 14.3. The monoisotopic (exact) mass is 1100 g/mol. The van der Waals surface area contributed by atoms with Crippen LogP contribution < -0.4 is 45.3 Å². The minimum atomic E-state index is -3.30. The number of carbonyl (C=O) groups excluding carboxylic acids is 3. The molecule has 1 aliphatic carbocycles. The first-order chi connectivity index (χ1) is 35.1. The molecule has 5 heterocycles. The van der Waals surface area contributed by atoms with Gasteiger partial charge in [-0.3, -0.25) is 9.59 Å². The summed E-state index contributed by atoms with van der Waals surface area (Å²) in [6, 6.07) is -3.45. The molecule has 1 saturated carbocycles. The van der Waals surface area contributed by atoms with Crippen molar-refractivity contribution in [3.05, 3.63) is 0 Å². The number of amides is 2. The summed E-state index contributed by atoms with van der Waals surface area (Å²) in [5.41, 5.74) is 0. The quantitative estimate of drug-likeness (QED) is 0.0503. The molecule has 31 heteroatoms. The zero-order chi connectivity index (χ0) is 54.5. The van der Waals surface area contributed by atoms with Gasteiger partial charge in [-0.1, -0.05) is 19.3 Å². The van der Waals surface area contributed by atoms with Crippen LogP contribution >= 0.6 is 0 Å². The maximum absolute atomic E-state index is 14.3. The van der Waals surface area contributed by atoms with Crippen molar-refractivity contribution in [3.8, 4) is 0 Å². The molecule has 75 heavy (non-hydrogen) atoms. The van der Waals surface area contributed by atoms with Crippen molar-refractivity contribution in [1.29, 1.82) is 0 Å². The van der Waals surface area contributed by atoms with E-state index in [1.165, 1.54) is 6.92 Å². The molecule has 30 nitrogen and oxygen atoms in total. The summed E-state index contributed by atoms with van der Waals surface area (Å²) in [4.78, 5) is 39.5. The first-order valence-corrected chi connectivity index (χ1v) is 24.6. The molecule has 6 rings (SSSR count). The molecule has 6 fully saturated rings. The van der Waals surface area contributed by atoms with Crippen molar-refractivity contribution in [1.82, 2.24) is 10.6 Å². The summed E-state index contributed by atoms with van der Waals surface area (Å²) in [5, 5.41) is 171. The van der Waals surface area contributed by atoms with Crippen LogP contribution in [0.4, 0.5) is 0 Å². The topological polar surface area (TPSA) is 474 Å². The van der Waals surface area contributed by atoms with Gasteiger partial charge in [0.2, 0.25) is 17.6 Å². The van der Waals surface area contributed by atoms with Gasteiger partial charge in [0.15, 0.2) is 25.2 Å². The Morgan fingerprint density at radius 2 is 1.20 bits per heavy atom. The van der Waals surface area contributed by atoms with Crippen LogP contribution in [0.1, 0.15) is 59.3 Å². The second-order valence-electron chi connectivity index (χ2n) is 19.4. The van der Waals surface area contributed by atoms with Crippen LogP contribution in [0.5, 0.6) is 0 Å². The Balaban J connectivity index is 0.0000104. The molecule has 2 amide bonds. The van der Waals surface area contributed by atoms with Crippen molar-refractivity contribution >= 4 is 17.8 Å². The number of rotatable bonds is 20. The Morgan fingerprint density at radius 3 is 1.77 bits per heavy atom. The largest absolute Gasteiger partial charge is 1.00 e. The maximum Gasteiger partial charge on any atom is 1.00 e. The second-order valence-corrected chi connectivity index (χ2v) is 19.4. The smallest absolute Gasteiger partial charge is 0.544 e. The molecule has 0 aromatic carbocycles. The fraction of sp³-hybridized carbons (Fsp3) is 0.932. The molecule has 428 valence electrons. The Kier molecular flexibility index (Phi) is 24.2. The molecular formula is C44H73N2NaO28. The van der Waals surface area contributed by atoms with Crippen molar-refractivity contribution in [2.75, 3.05) is 33.0 Å². The van der Waals surface area contributed by atoms with E-state index in [-0.39, 0.29) is 36.2 Å². The van der Waals surface area contributed by atoms with Crippen molar-refractivity contribution in [2.24, 2.45) is 5.92 Å². The van der Waals surface area contributed by atoms with E-state index >= 15 is 0 Å². The Labute approximate surface area is 451 Å². The van der Waals surface area contributed by atoms with E-state index in [2.05, 4.69) is 10.6 Å². The fourth-order valence-electron chi connectivity index (χ4n) is 10.2. The number of carboxylic acid groups (broad SMARTS) is 1. The number of aliphatic hydroxyl groups is 14. The molecule has 0 spiro atoms. The molecule has 16 N–H and O–H groups in total. The summed E-state index contributed by atoms with van der Waals surface area (Å²) in [7, 11) is 0. The molecule has 5 saturated heterocycles. The van der Waals surface area contributed by atoms with Crippen molar-refractivity contribution in [2.45, 2.75) is 218 Å². The van der Waals surface area contributed by atoms with E-state index in [1.807, 2.05) is 0 Å². The van der Waals surface area contributed by atoms with Crippen LogP contribution in [0.25, 0.3) is 0 Å². The number of hydrogen-bond acceptors (Lipinski definition) is 28. The normalized spacial score (nSPS) is 44.7. The molecule has 26 atom stereocenters. The van der Waals surface area contributed by atoms with Crippen LogP contribution in [0.3, 0.4) is 0 Å². The van der Waals surface area contributed by atoms with Gasteiger partial charge in [0.1, 0.15) is 116 Å². The number of nitrogens with one attached hydrogen (secondary N) is 2. The van der Waals surface area contributed by atoms with Gasteiger partial charge in [-0.25, -0.2) is 0 Å². The Bertz CT molecular complexity index is 1810. The Morgan fingerprint density at radius 1 is 0.653 bits per heavy atom. The summed E-state index contributed by atoms with van der Waals surface area (Å²) < 4.78 is 59.1. The summed E-state index contributed by atoms with van der Waals surface area (Å²) >= 11 is 0. The van der Waals surface area contributed by atoms with Crippen LogP contribution in [-0.4, -0.2) is 281 Å². The maximum atomic E-state index is 14.3. The van der Waals surface area contributed by atoms with Crippen LogP contribution in [0, 0.1) is 5.92 Å². The number of aliphatic hydroxyl groups excluding tert-OH is 14. The van der Waals surface area contributed by atoms with Gasteiger partial charge >= 0.3 is 29.6 Å². The number of ether oxygens (including phenoxy) is 10. The Hall–Kier alpha value is -1.55. The van der Waals surface area contributed by atoms with E-state index in [9.17, 15) is 91.0 Å². The average Bonchev–Trinajstić information content (AvgIpc) is 3.38. The number of hydrogen-bond donors (Lipinski definition) is 16. The molecule has 0 aromatic rings. The fourth-order valence-corrected chi connectivity index (χ4v) is 10.2. The van der Waals surface area contributed by atoms with Crippen LogP contribution in [0.15, 0.2) is 0 Å². The zero-order valence-corrected chi connectivity index (χ0v) is 43.8. The van der Waals surface area contributed by atoms with E-state index in [0.29, 0.717) is 25.7 Å². The molecule has 0 aromatic heterocycles. The van der Waals surface area contributed by atoms with Gasteiger partial charge in [-0.15, -0.1) is 0 Å². The molecule has 0 unspecified atom stereocenters. The molecule has 6 aliphatic rings. The van der Waals surface area contributed by atoms with Gasteiger partial charge in [-0.2, -0.15) is 0 Å². The number of carboxylic acids is 1. The van der Waals surface area contributed by atoms with Gasteiger partial charge in [-0.05, 0) is 26.7 Å². The van der Waals surface area contributed by atoms with E-state index in [4.69, 9.17) is 47.4 Å². The van der Waals surface area contributed by atoms with Crippen molar-refractivity contribution in [3.63, 3.8) is 0 Å². The van der Waals surface area contributed by atoms with Gasteiger partial charge in [0.05, 0.1) is 44.7 Å². The van der Waals surface area contributed by atoms with E-state index < -0.39 is 216 Å². The number of aliphatic carboxylic acids is 1. The zero-order valence-electron chi connectivity index (χ0n) is 41.8. The average molecular weight is 1100 g/mol. The van der Waals surface area contributed by atoms with Crippen LogP contribution in [-0.2, 0) is 61.8 Å². The minimum absolute atomic E-state index is 0. The summed E-state index contributed by atoms with van der Waals surface area (Å²) in [6.07, 6.45) is -42.7. The van der Waals surface area contributed by atoms with E-state index in [1.54, 1.807) is 6.92 Å². The van der Waals surface area contributed by atoms with Gasteiger partial charge in [0.25, 0.3) is 0 Å². The summed E-state index contributed by atoms with van der Waals surface area (Å²) in [6.45, 7) is -0.303. The standard InChI is InChI=1S/C44H74N2O28.Na/c1-4-65-40-31(60)36(27(56)20(12-48)67-40)72-39-24(46-38(62)17-8-6-5-7-9-17)35(71-41-30(59)29(58)25(54)15(2)66-41)33(22(14-50)69-39)70-42-32(61)37(28(57)21(13-49)68-42)74-44(43(63)64)10-18(52)23(45-16(3)51)34(73-44)26(55)19(53)11-47;/h15,17-37,39-42,47-50,52-61H,4-14H2,1-3H3,(H,45,51)(H,46,62)(H,63,64);/q;+1/p-1/t15-,18+,19+,20-,21-,22-,23+,24-,25+,26+,27-,28-,29-,30-,31-,32-,33+,34+,35+,36-,37-,39-,40+,41-,42-,44-;/m0./s1. The first-order valence-electron chi connectivity index (χ1n) is 24.6. The molecular weight excluding hydrogens is 1030 g/mol. The SMILES string of the molecule is CCO[C@@H]1O[C@@H](CO)[C@H](O)[C@H](O[C@@H]2O[C@@H](CO)[C@@H](O[C@@H]3O[C@@H](CO)[C@H](O)[C@H](O[C@]4(C(=O)[O-])C[C@@H](O)[C@@H](NC(C)=O)[C@H]([C@H](O)[C@H](O)CO)O4)[C@@H]3O)[C@H](O[C@@H]3O[C@@H](C)[C@@H](O)[C@H](O)[C@@H]3O)[C@@H]2NC(=O)C2CCCCC2)[C@@H]1O.[Na+]. The molecule has 0 radical (unpaired) electrons. The van der Waals surface area contributed by atoms with Crippen LogP contribution in [0.2, 0.25) is 0 Å². The third-order valence-corrected chi connectivity index (χ3v) is 14.3. The number of carbonyl (C=O) groups is 3. The summed E-state index contributed by atoms with van der Waals surface area (Å²) in [5.74, 6) is -7.70. The third-order valence-electron chi connectivity index (χ3n) is 14.3. The van der Waals surface area contributed by atoms with Gasteiger partial charge in [0, 0.05) is 25.9 Å².